The smallest absolute Gasteiger partial charge is 0.0662 e. The summed E-state index contributed by atoms with van der Waals surface area (Å²) in [5.74, 6) is 0. The topological polar surface area (TPSA) is 41.3 Å². The van der Waals surface area contributed by atoms with Gasteiger partial charge < -0.3 is 11.1 Å². The molecule has 2 atom stereocenters. The van der Waals surface area contributed by atoms with Crippen LogP contribution in [0.25, 0.3) is 0 Å². The maximum absolute atomic E-state index is 6.24. The quantitative estimate of drug-likeness (QED) is 0.900. The summed E-state index contributed by atoms with van der Waals surface area (Å²) in [6.45, 7) is 5.10. The fourth-order valence-electron chi connectivity index (χ4n) is 3.79. The Labute approximate surface area is 126 Å². The molecule has 3 nitrogen and oxygen atoms in total. The molecule has 0 aromatic heterocycles. The third kappa shape index (κ3) is 2.43. The molecule has 0 bridgehead atoms. The van der Waals surface area contributed by atoms with Crippen molar-refractivity contribution in [2.45, 2.75) is 44.2 Å². The first-order valence-corrected chi connectivity index (χ1v) is 8.01. The Morgan fingerprint density at radius 1 is 1.40 bits per heavy atom. The van der Waals surface area contributed by atoms with Gasteiger partial charge in [-0.05, 0) is 50.4 Å². The van der Waals surface area contributed by atoms with Gasteiger partial charge in [0.05, 0.1) is 5.54 Å². The van der Waals surface area contributed by atoms with Gasteiger partial charge >= 0.3 is 0 Å². The molecule has 2 unspecified atom stereocenters. The lowest BCUT2D eigenvalue weighted by molar-refractivity contribution is 0.167. The van der Waals surface area contributed by atoms with E-state index >= 15 is 0 Å². The van der Waals surface area contributed by atoms with Gasteiger partial charge in [-0.1, -0.05) is 24.1 Å². The molecule has 110 valence electrons. The van der Waals surface area contributed by atoms with Crippen molar-refractivity contribution >= 4 is 17.3 Å². The van der Waals surface area contributed by atoms with E-state index < -0.39 is 0 Å². The van der Waals surface area contributed by atoms with E-state index in [1.165, 1.54) is 25.8 Å². The Balaban J connectivity index is 1.84. The van der Waals surface area contributed by atoms with Crippen LogP contribution in [0.2, 0.25) is 5.02 Å². The third-order valence-electron chi connectivity index (χ3n) is 5.03. The second-order valence-corrected chi connectivity index (χ2v) is 6.65. The number of aryl methyl sites for hydroxylation is 1. The van der Waals surface area contributed by atoms with Crippen molar-refractivity contribution in [1.29, 1.82) is 0 Å². The molecule has 3 N–H and O–H groups in total. The Kier molecular flexibility index (Phi) is 3.93. The monoisotopic (exact) mass is 293 g/mol. The molecule has 2 fully saturated rings. The predicted molar refractivity (Wildman–Crippen MR) is 85.4 cm³/mol. The molecule has 2 aliphatic heterocycles. The molecule has 0 saturated carbocycles. The van der Waals surface area contributed by atoms with Gasteiger partial charge in [0, 0.05) is 29.8 Å². The normalized spacial score (nSPS) is 30.2. The van der Waals surface area contributed by atoms with Crippen LogP contribution in [-0.2, 0) is 0 Å². The van der Waals surface area contributed by atoms with E-state index in [4.69, 9.17) is 17.3 Å². The molecule has 2 aliphatic rings. The number of anilines is 1. The molecule has 0 aliphatic carbocycles. The summed E-state index contributed by atoms with van der Waals surface area (Å²) >= 11 is 6.24. The van der Waals surface area contributed by atoms with Gasteiger partial charge in [0.2, 0.25) is 0 Å². The summed E-state index contributed by atoms with van der Waals surface area (Å²) in [4.78, 5) is 2.61. The number of piperidine rings is 1. The summed E-state index contributed by atoms with van der Waals surface area (Å²) in [7, 11) is 0. The lowest BCUT2D eigenvalue weighted by Crippen LogP contribution is -2.56. The fraction of sp³-hybridized carbons (Fsp3) is 0.625. The molecule has 1 aromatic carbocycles. The van der Waals surface area contributed by atoms with Crippen LogP contribution < -0.4 is 11.1 Å². The highest BCUT2D eigenvalue weighted by Gasteiger charge is 2.47. The Hall–Kier alpha value is -0.770. The molecule has 0 amide bonds. The van der Waals surface area contributed by atoms with E-state index in [2.05, 4.69) is 22.3 Å². The number of benzene rings is 1. The lowest BCUT2D eigenvalue weighted by atomic mass is 9.85. The minimum absolute atomic E-state index is 0.0129. The Bertz CT molecular complexity index is 491. The predicted octanol–water partition coefficient (Wildman–Crippen LogP) is 3.02. The van der Waals surface area contributed by atoms with Crippen LogP contribution >= 0.6 is 11.6 Å². The van der Waals surface area contributed by atoms with Crippen LogP contribution in [0.3, 0.4) is 0 Å². The molecule has 0 radical (unpaired) electrons. The van der Waals surface area contributed by atoms with Crippen molar-refractivity contribution in [3.8, 4) is 0 Å². The van der Waals surface area contributed by atoms with Crippen molar-refractivity contribution in [3.05, 3.63) is 28.8 Å². The van der Waals surface area contributed by atoms with E-state index in [1.807, 2.05) is 13.0 Å². The highest BCUT2D eigenvalue weighted by Crippen LogP contribution is 2.37. The molecule has 3 rings (SSSR count). The standard InChI is InChI=1S/C16H24ClN3/c1-12-5-6-13(10-14(12)17)19-16(11-18)7-9-20-8-3-2-4-15(16)20/h5-6,10,15,19H,2-4,7-9,11,18H2,1H3. The third-order valence-corrected chi connectivity index (χ3v) is 5.43. The largest absolute Gasteiger partial charge is 0.377 e. The molecule has 4 heteroatoms. The number of nitrogens with zero attached hydrogens (tertiary/aromatic N) is 1. The molecular formula is C16H24ClN3. The molecule has 0 spiro atoms. The highest BCUT2D eigenvalue weighted by molar-refractivity contribution is 6.31. The first-order chi connectivity index (χ1) is 9.64. The minimum atomic E-state index is 0.0129. The number of fused-ring (bicyclic) bond motifs is 1. The first kappa shape index (κ1) is 14.2. The van der Waals surface area contributed by atoms with Crippen molar-refractivity contribution < 1.29 is 0 Å². The van der Waals surface area contributed by atoms with Gasteiger partial charge in [0.1, 0.15) is 0 Å². The number of nitrogens with two attached hydrogens (primary N) is 1. The number of hydrogen-bond acceptors (Lipinski definition) is 3. The molecule has 1 aromatic rings. The first-order valence-electron chi connectivity index (χ1n) is 7.63. The summed E-state index contributed by atoms with van der Waals surface area (Å²) in [6.07, 6.45) is 5.02. The number of rotatable bonds is 3. The van der Waals surface area contributed by atoms with Crippen LogP contribution in [-0.4, -0.2) is 36.1 Å². The Morgan fingerprint density at radius 2 is 2.25 bits per heavy atom. The molecule has 20 heavy (non-hydrogen) atoms. The average Bonchev–Trinajstić information content (AvgIpc) is 2.83. The number of hydrogen-bond donors (Lipinski definition) is 2. The number of halogens is 1. The Morgan fingerprint density at radius 3 is 3.00 bits per heavy atom. The summed E-state index contributed by atoms with van der Waals surface area (Å²) in [5, 5.41) is 4.54. The number of nitrogens with one attached hydrogen (secondary N) is 1. The van der Waals surface area contributed by atoms with Crippen LogP contribution in [0, 0.1) is 6.92 Å². The fourth-order valence-corrected chi connectivity index (χ4v) is 3.97. The van der Waals surface area contributed by atoms with Gasteiger partial charge in [-0.3, -0.25) is 4.90 Å². The van der Waals surface area contributed by atoms with Crippen molar-refractivity contribution in [2.24, 2.45) is 5.73 Å². The van der Waals surface area contributed by atoms with Crippen LogP contribution in [0.5, 0.6) is 0 Å². The van der Waals surface area contributed by atoms with Gasteiger partial charge in [-0.25, -0.2) is 0 Å². The van der Waals surface area contributed by atoms with Crippen molar-refractivity contribution in [3.63, 3.8) is 0 Å². The summed E-state index contributed by atoms with van der Waals surface area (Å²) < 4.78 is 0. The van der Waals surface area contributed by atoms with Crippen molar-refractivity contribution in [2.75, 3.05) is 25.0 Å². The van der Waals surface area contributed by atoms with Gasteiger partial charge in [-0.2, -0.15) is 0 Å². The zero-order valence-electron chi connectivity index (χ0n) is 12.2. The minimum Gasteiger partial charge on any atom is -0.377 e. The SMILES string of the molecule is Cc1ccc(NC2(CN)CCN3CCCCC32)cc1Cl. The van der Waals surface area contributed by atoms with Crippen LogP contribution in [0.4, 0.5) is 5.69 Å². The van der Waals surface area contributed by atoms with E-state index in [-0.39, 0.29) is 5.54 Å². The zero-order valence-corrected chi connectivity index (χ0v) is 12.9. The zero-order chi connectivity index (χ0) is 14.2. The van der Waals surface area contributed by atoms with Gasteiger partial charge in [0.15, 0.2) is 0 Å². The summed E-state index contributed by atoms with van der Waals surface area (Å²) in [5.41, 5.74) is 8.39. The molecular weight excluding hydrogens is 270 g/mol. The van der Waals surface area contributed by atoms with Gasteiger partial charge in [0.25, 0.3) is 0 Å². The van der Waals surface area contributed by atoms with E-state index in [1.54, 1.807) is 0 Å². The average molecular weight is 294 g/mol. The van der Waals surface area contributed by atoms with Crippen LogP contribution in [0.15, 0.2) is 18.2 Å². The van der Waals surface area contributed by atoms with E-state index in [9.17, 15) is 0 Å². The maximum atomic E-state index is 6.24. The second-order valence-electron chi connectivity index (χ2n) is 6.25. The van der Waals surface area contributed by atoms with E-state index in [0.29, 0.717) is 12.6 Å². The molecule has 2 heterocycles. The highest BCUT2D eigenvalue weighted by atomic mass is 35.5. The molecule has 2 saturated heterocycles. The van der Waals surface area contributed by atoms with E-state index in [0.717, 1.165) is 29.2 Å². The van der Waals surface area contributed by atoms with Gasteiger partial charge in [-0.15, -0.1) is 0 Å². The maximum Gasteiger partial charge on any atom is 0.0662 e. The summed E-state index contributed by atoms with van der Waals surface area (Å²) in [6, 6.07) is 6.79. The van der Waals surface area contributed by atoms with Crippen LogP contribution in [0.1, 0.15) is 31.2 Å². The second kappa shape index (κ2) is 5.55. The van der Waals surface area contributed by atoms with Crippen molar-refractivity contribution in [1.82, 2.24) is 4.90 Å². The lowest BCUT2D eigenvalue weighted by Gasteiger charge is -2.41.